The zero-order valence-electron chi connectivity index (χ0n) is 17.1. The molecular weight excluding hydrogens is 394 g/mol. The Hall–Kier alpha value is -2.73. The van der Waals surface area contributed by atoms with Gasteiger partial charge in [0.1, 0.15) is 0 Å². The monoisotopic (exact) mass is 419 g/mol. The number of hydrogen-bond acceptors (Lipinski definition) is 5. The van der Waals surface area contributed by atoms with E-state index in [4.69, 9.17) is 25.8 Å². The smallest absolute Gasteiger partial charge is 0.338 e. The first-order chi connectivity index (χ1) is 13.9. The Labute approximate surface area is 176 Å². The van der Waals surface area contributed by atoms with Crippen LogP contribution in [0.4, 0.5) is 5.69 Å². The number of carbonyl (C=O) groups is 2. The van der Waals surface area contributed by atoms with Gasteiger partial charge in [0.05, 0.1) is 24.3 Å². The molecular formula is C22H26ClNO5. The number of benzene rings is 2. The molecule has 0 aliphatic rings. The molecule has 0 radical (unpaired) electrons. The highest BCUT2D eigenvalue weighted by atomic mass is 35.5. The third kappa shape index (κ3) is 6.12. The maximum absolute atomic E-state index is 12.3. The molecule has 0 spiro atoms. The topological polar surface area (TPSA) is 73.9 Å². The summed E-state index contributed by atoms with van der Waals surface area (Å²) < 4.78 is 15.7. The van der Waals surface area contributed by atoms with Crippen LogP contribution in [0, 0.1) is 0 Å². The van der Waals surface area contributed by atoms with E-state index < -0.39 is 18.5 Å². The van der Waals surface area contributed by atoms with Gasteiger partial charge in [-0.1, -0.05) is 37.6 Å². The van der Waals surface area contributed by atoms with Crippen LogP contribution in [-0.2, 0) is 9.53 Å². The number of nitrogens with one attached hydrogen (secondary N) is 1. The second kappa shape index (κ2) is 10.7. The average molecular weight is 420 g/mol. The van der Waals surface area contributed by atoms with E-state index in [2.05, 4.69) is 19.2 Å². The van der Waals surface area contributed by atoms with Gasteiger partial charge in [0.25, 0.3) is 5.91 Å². The fourth-order valence-electron chi connectivity index (χ4n) is 2.66. The largest absolute Gasteiger partial charge is 0.493 e. The summed E-state index contributed by atoms with van der Waals surface area (Å²) in [6.07, 6.45) is 1.04. The molecule has 0 fully saturated rings. The van der Waals surface area contributed by atoms with Crippen molar-refractivity contribution in [2.24, 2.45) is 0 Å². The SMILES string of the molecule is CCOc1c(Cl)cc(C(=O)OCC(=O)Nc2ccc([C@H](C)CC)cc2)cc1OC. The maximum Gasteiger partial charge on any atom is 0.338 e. The number of halogens is 1. The third-order valence-corrected chi connectivity index (χ3v) is 4.74. The summed E-state index contributed by atoms with van der Waals surface area (Å²) >= 11 is 6.16. The molecule has 0 heterocycles. The molecule has 0 saturated heterocycles. The predicted molar refractivity (Wildman–Crippen MR) is 113 cm³/mol. The van der Waals surface area contributed by atoms with Crippen molar-refractivity contribution in [3.63, 3.8) is 0 Å². The lowest BCUT2D eigenvalue weighted by molar-refractivity contribution is -0.119. The van der Waals surface area contributed by atoms with Crippen LogP contribution < -0.4 is 14.8 Å². The molecule has 0 aliphatic carbocycles. The maximum atomic E-state index is 12.3. The molecule has 0 unspecified atom stereocenters. The van der Waals surface area contributed by atoms with E-state index in [0.29, 0.717) is 29.7 Å². The van der Waals surface area contributed by atoms with Crippen molar-refractivity contribution in [2.75, 3.05) is 25.6 Å². The number of methoxy groups -OCH3 is 1. The molecule has 1 N–H and O–H groups in total. The van der Waals surface area contributed by atoms with Crippen molar-refractivity contribution in [2.45, 2.75) is 33.1 Å². The molecule has 2 rings (SSSR count). The Kier molecular flexibility index (Phi) is 8.34. The lowest BCUT2D eigenvalue weighted by atomic mass is 9.99. The number of carbonyl (C=O) groups excluding carboxylic acids is 2. The van der Waals surface area contributed by atoms with Gasteiger partial charge in [-0.2, -0.15) is 0 Å². The summed E-state index contributed by atoms with van der Waals surface area (Å²) in [5, 5.41) is 2.93. The number of amides is 1. The molecule has 0 aromatic heterocycles. The summed E-state index contributed by atoms with van der Waals surface area (Å²) in [6.45, 7) is 6.07. The van der Waals surface area contributed by atoms with Crippen LogP contribution in [-0.4, -0.2) is 32.2 Å². The van der Waals surface area contributed by atoms with E-state index in [-0.39, 0.29) is 10.6 Å². The van der Waals surface area contributed by atoms with Gasteiger partial charge >= 0.3 is 5.97 Å². The van der Waals surface area contributed by atoms with E-state index in [0.717, 1.165) is 6.42 Å². The fraction of sp³-hybridized carbons (Fsp3) is 0.364. The van der Waals surface area contributed by atoms with E-state index in [1.807, 2.05) is 31.2 Å². The minimum Gasteiger partial charge on any atom is -0.493 e. The average Bonchev–Trinajstić information content (AvgIpc) is 2.73. The molecule has 0 bridgehead atoms. The highest BCUT2D eigenvalue weighted by Crippen LogP contribution is 2.36. The van der Waals surface area contributed by atoms with Crippen molar-refractivity contribution in [3.8, 4) is 11.5 Å². The van der Waals surface area contributed by atoms with Crippen molar-refractivity contribution in [1.82, 2.24) is 0 Å². The van der Waals surface area contributed by atoms with Gasteiger partial charge in [0.2, 0.25) is 0 Å². The minimum absolute atomic E-state index is 0.168. The molecule has 7 heteroatoms. The summed E-state index contributed by atoms with van der Waals surface area (Å²) in [5.41, 5.74) is 2.02. The van der Waals surface area contributed by atoms with Crippen LogP contribution in [0.5, 0.6) is 11.5 Å². The molecule has 1 atom stereocenters. The second-order valence-electron chi connectivity index (χ2n) is 6.48. The molecule has 1 amide bonds. The molecule has 156 valence electrons. The Morgan fingerprint density at radius 2 is 1.83 bits per heavy atom. The van der Waals surface area contributed by atoms with E-state index in [1.165, 1.54) is 24.8 Å². The second-order valence-corrected chi connectivity index (χ2v) is 6.89. The number of rotatable bonds is 9. The first-order valence-electron chi connectivity index (χ1n) is 9.46. The zero-order valence-corrected chi connectivity index (χ0v) is 17.8. The van der Waals surface area contributed by atoms with Crippen LogP contribution in [0.3, 0.4) is 0 Å². The van der Waals surface area contributed by atoms with E-state index in [1.54, 1.807) is 0 Å². The van der Waals surface area contributed by atoms with Crippen molar-refractivity contribution < 1.29 is 23.8 Å². The molecule has 0 saturated carbocycles. The molecule has 2 aromatic carbocycles. The quantitative estimate of drug-likeness (QED) is 0.575. The molecule has 29 heavy (non-hydrogen) atoms. The van der Waals surface area contributed by atoms with E-state index in [9.17, 15) is 9.59 Å². The van der Waals surface area contributed by atoms with Crippen molar-refractivity contribution in [1.29, 1.82) is 0 Å². The Balaban J connectivity index is 1.96. The molecule has 6 nitrogen and oxygen atoms in total. The number of anilines is 1. The van der Waals surface area contributed by atoms with Gasteiger partial charge in [0, 0.05) is 5.69 Å². The van der Waals surface area contributed by atoms with Gasteiger partial charge in [-0.25, -0.2) is 4.79 Å². The van der Waals surface area contributed by atoms with Crippen molar-refractivity contribution >= 4 is 29.2 Å². The summed E-state index contributed by atoms with van der Waals surface area (Å²) in [4.78, 5) is 24.4. The third-order valence-electron chi connectivity index (χ3n) is 4.46. The van der Waals surface area contributed by atoms with Crippen LogP contribution in [0.25, 0.3) is 0 Å². The predicted octanol–water partition coefficient (Wildman–Crippen LogP) is 5.06. The molecule has 0 aliphatic heterocycles. The van der Waals surface area contributed by atoms with Crippen LogP contribution >= 0.6 is 11.6 Å². The highest BCUT2D eigenvalue weighted by Gasteiger charge is 2.17. The first-order valence-corrected chi connectivity index (χ1v) is 9.84. The normalized spacial score (nSPS) is 11.5. The van der Waals surface area contributed by atoms with Crippen molar-refractivity contribution in [3.05, 3.63) is 52.5 Å². The van der Waals surface area contributed by atoms with Gasteiger partial charge in [0.15, 0.2) is 18.1 Å². The highest BCUT2D eigenvalue weighted by molar-refractivity contribution is 6.32. The standard InChI is InChI=1S/C22H26ClNO5/c1-5-14(3)15-7-9-17(10-8-15)24-20(25)13-29-22(26)16-11-18(23)21(28-6-2)19(12-16)27-4/h7-12,14H,5-6,13H2,1-4H3,(H,24,25)/t14-/m1/s1. The van der Waals surface area contributed by atoms with E-state index >= 15 is 0 Å². The fourth-order valence-corrected chi connectivity index (χ4v) is 2.93. The summed E-state index contributed by atoms with van der Waals surface area (Å²) in [7, 11) is 1.45. The Morgan fingerprint density at radius 1 is 1.14 bits per heavy atom. The van der Waals surface area contributed by atoms with Crippen LogP contribution in [0.2, 0.25) is 5.02 Å². The number of esters is 1. The Bertz CT molecular complexity index is 851. The van der Waals surface area contributed by atoms with Gasteiger partial charge in [-0.3, -0.25) is 4.79 Å². The zero-order chi connectivity index (χ0) is 21.4. The molecule has 2 aromatic rings. The summed E-state index contributed by atoms with van der Waals surface area (Å²) in [6, 6.07) is 10.5. The Morgan fingerprint density at radius 3 is 2.41 bits per heavy atom. The lowest BCUT2D eigenvalue weighted by Crippen LogP contribution is -2.21. The number of hydrogen-bond donors (Lipinski definition) is 1. The minimum atomic E-state index is -0.685. The summed E-state index contributed by atoms with van der Waals surface area (Å²) in [5.74, 6) is 0.0109. The first kappa shape index (κ1) is 22.6. The van der Waals surface area contributed by atoms with Gasteiger partial charge < -0.3 is 19.5 Å². The van der Waals surface area contributed by atoms with Gasteiger partial charge in [-0.15, -0.1) is 0 Å². The van der Waals surface area contributed by atoms with Crippen LogP contribution in [0.15, 0.2) is 36.4 Å². The lowest BCUT2D eigenvalue weighted by Gasteiger charge is -2.13. The van der Waals surface area contributed by atoms with Crippen LogP contribution in [0.1, 0.15) is 49.0 Å². The number of ether oxygens (including phenoxy) is 3. The van der Waals surface area contributed by atoms with Gasteiger partial charge in [-0.05, 0) is 49.1 Å².